The predicted octanol–water partition coefficient (Wildman–Crippen LogP) is 5.53. The summed E-state index contributed by atoms with van der Waals surface area (Å²) in [7, 11) is 0. The Morgan fingerprint density at radius 1 is 0.923 bits per heavy atom. The highest BCUT2D eigenvalue weighted by Gasteiger charge is 2.24. The minimum absolute atomic E-state index is 0.266. The smallest absolute Gasteiger partial charge is 0.410 e. The molecule has 0 aliphatic carbocycles. The Morgan fingerprint density at radius 2 is 1.67 bits per heavy atom. The molecule has 6 rings (SSSR count). The number of aryl methyl sites for hydroxylation is 1. The number of anilines is 3. The minimum atomic E-state index is -0.297. The van der Waals surface area contributed by atoms with Gasteiger partial charge in [-0.3, -0.25) is 5.10 Å². The van der Waals surface area contributed by atoms with Crippen molar-refractivity contribution in [2.45, 2.75) is 13.5 Å². The van der Waals surface area contributed by atoms with E-state index in [0.717, 1.165) is 33.4 Å². The second kappa shape index (κ2) is 10.8. The summed E-state index contributed by atoms with van der Waals surface area (Å²) < 4.78 is 5.53. The summed E-state index contributed by atoms with van der Waals surface area (Å²) in [5.41, 5.74) is 3.98. The summed E-state index contributed by atoms with van der Waals surface area (Å²) in [5, 5.41) is 11.9. The molecule has 0 unspecified atom stereocenters. The summed E-state index contributed by atoms with van der Waals surface area (Å²) in [5.74, 6) is 2.79. The van der Waals surface area contributed by atoms with E-state index in [2.05, 4.69) is 33.4 Å². The molecule has 0 bridgehead atoms. The SMILES string of the molecule is Cc1ccccc1-c1nc(Nc2n[nH]c3ccccc23)cc(N2CCN(C(=O)OCc3ccccc3)CC2)n1. The minimum Gasteiger partial charge on any atom is -0.445 e. The lowest BCUT2D eigenvalue weighted by molar-refractivity contribution is 0.0941. The topological polar surface area (TPSA) is 99.3 Å². The zero-order valence-corrected chi connectivity index (χ0v) is 21.7. The van der Waals surface area contributed by atoms with E-state index in [9.17, 15) is 4.79 Å². The van der Waals surface area contributed by atoms with Crippen molar-refractivity contribution in [3.05, 3.63) is 96.1 Å². The molecule has 196 valence electrons. The van der Waals surface area contributed by atoms with E-state index in [1.165, 1.54) is 0 Å². The van der Waals surface area contributed by atoms with Crippen LogP contribution in [0, 0.1) is 6.92 Å². The predicted molar refractivity (Wildman–Crippen MR) is 152 cm³/mol. The average Bonchev–Trinajstić information content (AvgIpc) is 3.39. The van der Waals surface area contributed by atoms with Crippen molar-refractivity contribution in [1.29, 1.82) is 0 Å². The molecule has 0 spiro atoms. The number of aromatic nitrogens is 4. The number of aromatic amines is 1. The number of H-pyrrole nitrogens is 1. The maximum Gasteiger partial charge on any atom is 0.410 e. The van der Waals surface area contributed by atoms with Gasteiger partial charge in [0.25, 0.3) is 0 Å². The van der Waals surface area contributed by atoms with Crippen molar-refractivity contribution in [2.24, 2.45) is 0 Å². The summed E-state index contributed by atoms with van der Waals surface area (Å²) in [6, 6.07) is 27.7. The van der Waals surface area contributed by atoms with Gasteiger partial charge in [-0.2, -0.15) is 5.10 Å². The van der Waals surface area contributed by atoms with Gasteiger partial charge in [0, 0.05) is 43.2 Å². The normalized spacial score (nSPS) is 13.5. The number of fused-ring (bicyclic) bond motifs is 1. The van der Waals surface area contributed by atoms with Crippen molar-refractivity contribution in [3.8, 4) is 11.4 Å². The molecule has 5 aromatic rings. The van der Waals surface area contributed by atoms with Gasteiger partial charge in [-0.1, -0.05) is 66.7 Å². The zero-order valence-electron chi connectivity index (χ0n) is 21.7. The van der Waals surface area contributed by atoms with Crippen LogP contribution < -0.4 is 10.2 Å². The molecule has 1 aliphatic rings. The zero-order chi connectivity index (χ0) is 26.6. The number of amides is 1. The van der Waals surface area contributed by atoms with Gasteiger partial charge in [0.15, 0.2) is 11.6 Å². The molecule has 3 aromatic carbocycles. The number of nitrogens with zero attached hydrogens (tertiary/aromatic N) is 5. The third-order valence-electron chi connectivity index (χ3n) is 6.88. The molecule has 1 aliphatic heterocycles. The molecular weight excluding hydrogens is 490 g/mol. The van der Waals surface area contributed by atoms with E-state index in [1.807, 2.05) is 78.9 Å². The Kier molecular flexibility index (Phi) is 6.78. The highest BCUT2D eigenvalue weighted by Crippen LogP contribution is 2.29. The van der Waals surface area contributed by atoms with Crippen molar-refractivity contribution < 1.29 is 9.53 Å². The van der Waals surface area contributed by atoms with Crippen molar-refractivity contribution in [2.75, 3.05) is 36.4 Å². The third kappa shape index (κ3) is 5.38. The summed E-state index contributed by atoms with van der Waals surface area (Å²) >= 11 is 0. The van der Waals surface area contributed by atoms with E-state index in [4.69, 9.17) is 14.7 Å². The maximum absolute atomic E-state index is 12.7. The number of rotatable bonds is 6. The highest BCUT2D eigenvalue weighted by molar-refractivity contribution is 5.91. The van der Waals surface area contributed by atoms with Gasteiger partial charge in [0.05, 0.1) is 5.52 Å². The second-order valence-electron chi connectivity index (χ2n) is 9.51. The van der Waals surface area contributed by atoms with Gasteiger partial charge in [-0.25, -0.2) is 14.8 Å². The number of piperazine rings is 1. The first-order chi connectivity index (χ1) is 19.1. The molecular formula is C30H29N7O2. The third-order valence-corrected chi connectivity index (χ3v) is 6.88. The van der Waals surface area contributed by atoms with E-state index in [0.29, 0.717) is 43.6 Å². The molecule has 39 heavy (non-hydrogen) atoms. The molecule has 9 heteroatoms. The van der Waals surface area contributed by atoms with Crippen molar-refractivity contribution in [1.82, 2.24) is 25.1 Å². The van der Waals surface area contributed by atoms with E-state index < -0.39 is 0 Å². The van der Waals surface area contributed by atoms with Gasteiger partial charge in [-0.15, -0.1) is 0 Å². The van der Waals surface area contributed by atoms with Crippen LogP contribution in [0.25, 0.3) is 22.3 Å². The molecule has 2 aromatic heterocycles. The van der Waals surface area contributed by atoms with Gasteiger partial charge < -0.3 is 19.9 Å². The molecule has 1 amide bonds. The Labute approximate surface area is 226 Å². The van der Waals surface area contributed by atoms with Gasteiger partial charge in [-0.05, 0) is 30.2 Å². The van der Waals surface area contributed by atoms with Crippen LogP contribution in [-0.2, 0) is 11.3 Å². The first-order valence-electron chi connectivity index (χ1n) is 13.0. The van der Waals surface area contributed by atoms with Crippen LogP contribution in [-0.4, -0.2) is 57.3 Å². The molecule has 3 heterocycles. The first kappa shape index (κ1) is 24.4. The quantitative estimate of drug-likeness (QED) is 0.304. The number of para-hydroxylation sites is 1. The van der Waals surface area contributed by atoms with Crippen LogP contribution in [0.5, 0.6) is 0 Å². The standard InChI is InChI=1S/C30H29N7O2/c1-21-9-5-6-12-23(21)28-31-26(32-29-24-13-7-8-14-25(24)34-35-29)19-27(33-28)36-15-17-37(18-16-36)30(38)39-20-22-10-3-2-4-11-22/h2-14,19H,15-18,20H2,1H3,(H2,31,32,33,34,35). The van der Waals surface area contributed by atoms with Crippen molar-refractivity contribution >= 4 is 34.4 Å². The molecule has 2 N–H and O–H groups in total. The fourth-order valence-electron chi connectivity index (χ4n) is 4.71. The highest BCUT2D eigenvalue weighted by atomic mass is 16.6. The molecule has 9 nitrogen and oxygen atoms in total. The van der Waals surface area contributed by atoms with E-state index in [1.54, 1.807) is 4.90 Å². The number of benzene rings is 3. The van der Waals surface area contributed by atoms with Gasteiger partial charge in [0.2, 0.25) is 0 Å². The summed E-state index contributed by atoms with van der Waals surface area (Å²) in [6.07, 6.45) is -0.297. The fourth-order valence-corrected chi connectivity index (χ4v) is 4.71. The van der Waals surface area contributed by atoms with Gasteiger partial charge in [0.1, 0.15) is 18.2 Å². The monoisotopic (exact) mass is 519 g/mol. The molecule has 1 fully saturated rings. The van der Waals surface area contributed by atoms with Crippen molar-refractivity contribution in [3.63, 3.8) is 0 Å². The van der Waals surface area contributed by atoms with E-state index in [-0.39, 0.29) is 12.7 Å². The first-order valence-corrected chi connectivity index (χ1v) is 13.0. The molecule has 0 atom stereocenters. The number of carbonyl (C=O) groups excluding carboxylic acids is 1. The Hall–Kier alpha value is -4.92. The number of nitrogens with one attached hydrogen (secondary N) is 2. The number of ether oxygens (including phenoxy) is 1. The Bertz CT molecular complexity index is 1590. The van der Waals surface area contributed by atoms with Crippen LogP contribution in [0.2, 0.25) is 0 Å². The molecule has 0 radical (unpaired) electrons. The molecule has 0 saturated carbocycles. The average molecular weight is 520 g/mol. The second-order valence-corrected chi connectivity index (χ2v) is 9.51. The Balaban J connectivity index is 1.22. The summed E-state index contributed by atoms with van der Waals surface area (Å²) in [4.78, 5) is 26.4. The fraction of sp³-hybridized carbons (Fsp3) is 0.200. The summed E-state index contributed by atoms with van der Waals surface area (Å²) in [6.45, 7) is 4.68. The number of hydrogen-bond acceptors (Lipinski definition) is 7. The number of hydrogen-bond donors (Lipinski definition) is 2. The lowest BCUT2D eigenvalue weighted by Crippen LogP contribution is -2.49. The number of carbonyl (C=O) groups is 1. The molecule has 1 saturated heterocycles. The Morgan fingerprint density at radius 3 is 2.49 bits per heavy atom. The van der Waals surface area contributed by atoms with Gasteiger partial charge >= 0.3 is 6.09 Å². The lowest BCUT2D eigenvalue weighted by atomic mass is 10.1. The maximum atomic E-state index is 12.7. The van der Waals surface area contributed by atoms with Crippen LogP contribution in [0.3, 0.4) is 0 Å². The van der Waals surface area contributed by atoms with E-state index >= 15 is 0 Å². The van der Waals surface area contributed by atoms with Crippen LogP contribution in [0.15, 0.2) is 84.9 Å². The van der Waals surface area contributed by atoms with Crippen LogP contribution >= 0.6 is 0 Å². The van der Waals surface area contributed by atoms with Crippen LogP contribution in [0.1, 0.15) is 11.1 Å². The van der Waals surface area contributed by atoms with Crippen LogP contribution in [0.4, 0.5) is 22.2 Å². The lowest BCUT2D eigenvalue weighted by Gasteiger charge is -2.35. The largest absolute Gasteiger partial charge is 0.445 e.